The second-order valence-corrected chi connectivity index (χ2v) is 22.0. The smallest absolute Gasteiger partial charge is 0.322 e. The maximum atomic E-state index is 13.6. The van der Waals surface area contributed by atoms with Crippen molar-refractivity contribution in [1.29, 1.82) is 0 Å². The molecule has 87 heavy (non-hydrogen) atoms. The van der Waals surface area contributed by atoms with Crippen molar-refractivity contribution in [2.24, 2.45) is 17.2 Å². The van der Waals surface area contributed by atoms with Gasteiger partial charge in [-0.1, -0.05) is 20.8 Å². The van der Waals surface area contributed by atoms with E-state index in [2.05, 4.69) is 47.9 Å². The summed E-state index contributed by atoms with van der Waals surface area (Å²) in [7, 11) is 0. The monoisotopic (exact) mass is 1290 g/mol. The number of rotatable bonds is 45. The normalized spacial score (nSPS) is 12.9. The first kappa shape index (κ1) is 77.2. The fourth-order valence-corrected chi connectivity index (χ4v) is 10.6. The van der Waals surface area contributed by atoms with Crippen LogP contribution in [-0.2, 0) is 111 Å². The standard InChI is InChI=1S/C51H78N12O21S3/c1-4-25-28(13-55-40(67)22-85-19-34(46(76)58-16-43(70)71)61-37(64)10-7-31(52)49(79)80)26(5-2)30(15-57-42(69)24-87-21-36(48(78)60-18-45(74)75)63-39(66)12-9-33(54)51(83)84)27(6-3)29(25)14-56-41(68)23-86-20-35(47(77)59-17-44(72)73)62-38(65)11-8-32(53)50(81)82/h31-36H,4-24,52-54H2,1-3H3,(H,55,67)(H,56,68)(H,57,69)(H,58,76)(H,59,77)(H,60,78)(H,61,64)(H,62,65)(H,63,66)(H,70,71)(H,72,73)(H,74,75)(H,79,80)(H,81,82)(H,83,84)/t31-,32-,33-,34+,35+,36+/m0/s1. The lowest BCUT2D eigenvalue weighted by molar-refractivity contribution is -0.140. The van der Waals surface area contributed by atoms with Crippen LogP contribution in [0, 0.1) is 0 Å². The molecule has 21 N–H and O–H groups in total. The molecule has 1 aromatic rings. The van der Waals surface area contributed by atoms with E-state index in [-0.39, 0.29) is 73.4 Å². The van der Waals surface area contributed by atoms with Crippen molar-refractivity contribution in [1.82, 2.24) is 47.9 Å². The van der Waals surface area contributed by atoms with Crippen LogP contribution in [0.15, 0.2) is 0 Å². The first-order chi connectivity index (χ1) is 40.9. The number of carboxylic acid groups (broad SMARTS) is 6. The van der Waals surface area contributed by atoms with Crippen LogP contribution < -0.4 is 65.1 Å². The Bertz CT molecular complexity index is 2350. The summed E-state index contributed by atoms with van der Waals surface area (Å²) in [4.78, 5) is 185. The molecule has 0 fully saturated rings. The molecule has 0 bridgehead atoms. The first-order valence-electron chi connectivity index (χ1n) is 27.0. The van der Waals surface area contributed by atoms with E-state index < -0.39 is 164 Å². The third kappa shape index (κ3) is 30.9. The van der Waals surface area contributed by atoms with Gasteiger partial charge in [0.2, 0.25) is 53.2 Å². The number of nitrogens with one attached hydrogen (secondary N) is 9. The maximum Gasteiger partial charge on any atom is 0.322 e. The molecule has 0 radical (unpaired) electrons. The van der Waals surface area contributed by atoms with Gasteiger partial charge in [0.15, 0.2) is 0 Å². The van der Waals surface area contributed by atoms with E-state index in [0.717, 1.165) is 35.3 Å². The molecule has 1 aromatic carbocycles. The zero-order valence-electron chi connectivity index (χ0n) is 48.1. The number of hydrogen-bond acceptors (Lipinski definition) is 21. The van der Waals surface area contributed by atoms with Gasteiger partial charge >= 0.3 is 35.8 Å². The zero-order chi connectivity index (χ0) is 65.9. The third-order valence-electron chi connectivity index (χ3n) is 12.4. The van der Waals surface area contributed by atoms with Crippen LogP contribution in [0.2, 0.25) is 0 Å². The lowest BCUT2D eigenvalue weighted by Gasteiger charge is -2.27. The van der Waals surface area contributed by atoms with Gasteiger partial charge in [0.05, 0.1) is 17.3 Å². The van der Waals surface area contributed by atoms with Gasteiger partial charge in [-0.15, -0.1) is 35.3 Å². The Labute approximate surface area is 511 Å². The second kappa shape index (κ2) is 41.3. The largest absolute Gasteiger partial charge is 0.480 e. The summed E-state index contributed by atoms with van der Waals surface area (Å²) in [6.07, 6.45) is -1.00. The molecule has 486 valence electrons. The lowest BCUT2D eigenvalue weighted by atomic mass is 9.83. The summed E-state index contributed by atoms with van der Waals surface area (Å²) in [6.45, 7) is 2.74. The average Bonchev–Trinajstić information content (AvgIpc) is 1.86. The van der Waals surface area contributed by atoms with E-state index >= 15 is 0 Å². The number of benzene rings is 1. The molecular weight excluding hydrogens is 1210 g/mol. The van der Waals surface area contributed by atoms with Crippen molar-refractivity contribution in [3.05, 3.63) is 33.4 Å². The topological polar surface area (TPSA) is 564 Å². The summed E-state index contributed by atoms with van der Waals surface area (Å²) in [5, 5.41) is 76.8. The van der Waals surface area contributed by atoms with Crippen LogP contribution in [0.25, 0.3) is 0 Å². The highest BCUT2D eigenvalue weighted by atomic mass is 32.2. The molecule has 6 atom stereocenters. The number of carboxylic acids is 6. The average molecular weight is 1290 g/mol. The first-order valence-corrected chi connectivity index (χ1v) is 30.4. The molecule has 0 aromatic heterocycles. The quantitative estimate of drug-likeness (QED) is 0.0291. The fourth-order valence-electron chi connectivity index (χ4n) is 7.97. The molecule has 0 aliphatic rings. The molecule has 36 heteroatoms. The molecule has 0 aliphatic carbocycles. The number of nitrogens with two attached hydrogens (primary N) is 3. The summed E-state index contributed by atoms with van der Waals surface area (Å²) in [5.74, 6) is -16.5. The molecule has 0 heterocycles. The van der Waals surface area contributed by atoms with Crippen LogP contribution in [0.3, 0.4) is 0 Å². The number of aliphatic carboxylic acids is 6. The van der Waals surface area contributed by atoms with Gasteiger partial charge in [0.1, 0.15) is 55.9 Å². The molecule has 0 saturated carbocycles. The Hall–Kier alpha value is -7.80. The van der Waals surface area contributed by atoms with E-state index in [9.17, 15) is 71.9 Å². The number of hydrogen-bond donors (Lipinski definition) is 18. The Morgan fingerprint density at radius 2 is 0.586 bits per heavy atom. The molecule has 33 nitrogen and oxygen atoms in total. The number of carbonyl (C=O) groups is 15. The predicted molar refractivity (Wildman–Crippen MR) is 314 cm³/mol. The Morgan fingerprint density at radius 1 is 0.356 bits per heavy atom. The van der Waals surface area contributed by atoms with Crippen molar-refractivity contribution in [2.75, 3.05) is 54.2 Å². The Kier molecular flexibility index (Phi) is 36.7. The van der Waals surface area contributed by atoms with Crippen molar-refractivity contribution in [2.45, 2.75) is 134 Å². The van der Waals surface area contributed by atoms with Gasteiger partial charge in [-0.2, -0.15) is 0 Å². The van der Waals surface area contributed by atoms with Crippen LogP contribution in [0.1, 0.15) is 92.7 Å². The van der Waals surface area contributed by atoms with Gasteiger partial charge in [-0.25, -0.2) is 0 Å². The number of carbonyl (C=O) groups excluding carboxylic acids is 9. The van der Waals surface area contributed by atoms with Gasteiger partial charge in [-0.3, -0.25) is 71.9 Å². The van der Waals surface area contributed by atoms with Gasteiger partial charge in [-0.05, 0) is 71.9 Å². The molecule has 0 unspecified atom stereocenters. The Morgan fingerprint density at radius 3 is 0.782 bits per heavy atom. The van der Waals surface area contributed by atoms with Crippen molar-refractivity contribution >= 4 is 124 Å². The van der Waals surface area contributed by atoms with E-state index in [1.807, 2.05) is 20.8 Å². The molecule has 0 saturated heterocycles. The molecular formula is C51H78N12O21S3. The predicted octanol–water partition coefficient (Wildman–Crippen LogP) is -4.94. The third-order valence-corrected chi connectivity index (χ3v) is 15.5. The zero-order valence-corrected chi connectivity index (χ0v) is 50.5. The highest BCUT2D eigenvalue weighted by Crippen LogP contribution is 2.31. The number of amides is 9. The summed E-state index contributed by atoms with van der Waals surface area (Å²) in [6, 6.07) is -8.20. The minimum atomic E-state index is -1.38. The lowest BCUT2D eigenvalue weighted by Crippen LogP contribution is -2.49. The molecule has 0 aliphatic heterocycles. The fraction of sp³-hybridized carbons (Fsp3) is 0.588. The van der Waals surface area contributed by atoms with Crippen molar-refractivity contribution < 1.29 is 103 Å². The van der Waals surface area contributed by atoms with Crippen molar-refractivity contribution in [3.8, 4) is 0 Å². The molecule has 9 amide bonds. The van der Waals surface area contributed by atoms with Crippen LogP contribution >= 0.6 is 35.3 Å². The maximum absolute atomic E-state index is 13.6. The van der Waals surface area contributed by atoms with Gasteiger partial charge in [0, 0.05) is 56.2 Å². The summed E-state index contributed by atoms with van der Waals surface area (Å²) in [5.41, 5.74) is 20.4. The SMILES string of the molecule is CCc1c(CNC(=O)CSC[C@@H](NC(=O)CC[C@H](N)C(=O)O)C(=O)NCC(=O)O)c(CC)c(CNC(=O)CSC[C@@H](NC(=O)CC[C@H](N)C(=O)O)C(=O)NCC(=O)O)c(CC)c1CNC(=O)CSC[C@@H](NC(=O)CC[C@H](N)C(=O)O)C(=O)NCC(=O)O. The second-order valence-electron chi connectivity index (χ2n) is 19.0. The van der Waals surface area contributed by atoms with E-state index in [1.54, 1.807) is 0 Å². The highest BCUT2D eigenvalue weighted by Gasteiger charge is 2.28. The highest BCUT2D eigenvalue weighted by molar-refractivity contribution is 8.00. The van der Waals surface area contributed by atoms with Gasteiger partial charge < -0.3 is 95.7 Å². The van der Waals surface area contributed by atoms with Gasteiger partial charge in [0.25, 0.3) is 0 Å². The molecule has 1 rings (SSSR count). The molecule has 0 spiro atoms. The van der Waals surface area contributed by atoms with Crippen molar-refractivity contribution in [3.63, 3.8) is 0 Å². The van der Waals surface area contributed by atoms with Crippen LogP contribution in [0.4, 0.5) is 0 Å². The minimum absolute atomic E-state index is 0.120. The summed E-state index contributed by atoms with van der Waals surface area (Å²) < 4.78 is 0. The Balaban J connectivity index is 3.62. The summed E-state index contributed by atoms with van der Waals surface area (Å²) >= 11 is 2.70. The number of thioether (sulfide) groups is 3. The van der Waals surface area contributed by atoms with E-state index in [1.165, 1.54) is 0 Å². The minimum Gasteiger partial charge on any atom is -0.480 e. The van der Waals surface area contributed by atoms with E-state index in [4.69, 9.17) is 47.8 Å². The van der Waals surface area contributed by atoms with Crippen LogP contribution in [-0.4, -0.2) is 210 Å². The van der Waals surface area contributed by atoms with E-state index in [0.29, 0.717) is 52.6 Å². The van der Waals surface area contributed by atoms with Crippen LogP contribution in [0.5, 0.6) is 0 Å².